The fourth-order valence-electron chi connectivity index (χ4n) is 8.01. The molecule has 8 aromatic carbocycles. The van der Waals surface area contributed by atoms with Crippen LogP contribution in [0.2, 0.25) is 0 Å². The van der Waals surface area contributed by atoms with Crippen molar-refractivity contribution in [1.29, 1.82) is 0 Å². The van der Waals surface area contributed by atoms with E-state index < -0.39 is 0 Å². The van der Waals surface area contributed by atoms with Crippen LogP contribution in [0.4, 0.5) is 0 Å². The van der Waals surface area contributed by atoms with E-state index in [-0.39, 0.29) is 0 Å². The lowest BCUT2D eigenvalue weighted by atomic mass is 10.0. The van der Waals surface area contributed by atoms with Crippen LogP contribution in [-0.4, -0.2) is 19.5 Å². The average Bonchev–Trinajstić information content (AvgIpc) is 3.82. The Balaban J connectivity index is 1.09. The van der Waals surface area contributed by atoms with Crippen LogP contribution in [0.15, 0.2) is 199 Å². The Kier molecular flexibility index (Phi) is 7.42. The van der Waals surface area contributed by atoms with Crippen molar-refractivity contribution in [2.24, 2.45) is 0 Å². The second-order valence-corrected chi connectivity index (χ2v) is 14.0. The Morgan fingerprint density at radius 1 is 0.339 bits per heavy atom. The van der Waals surface area contributed by atoms with Crippen molar-refractivity contribution >= 4 is 43.7 Å². The van der Waals surface area contributed by atoms with Gasteiger partial charge in [-0.25, -0.2) is 15.0 Å². The fourth-order valence-corrected chi connectivity index (χ4v) is 8.01. The summed E-state index contributed by atoms with van der Waals surface area (Å²) in [6, 6.07) is 67.4. The number of para-hydroxylation sites is 1. The molecule has 0 spiro atoms. The first-order valence-electron chi connectivity index (χ1n) is 18.8. The average molecular weight is 717 g/mol. The quantitative estimate of drug-likeness (QED) is 0.172. The Labute approximate surface area is 322 Å². The van der Waals surface area contributed by atoms with E-state index in [2.05, 4.69) is 150 Å². The predicted octanol–water partition coefficient (Wildman–Crippen LogP) is 13.2. The molecule has 5 nitrogen and oxygen atoms in total. The van der Waals surface area contributed by atoms with Crippen LogP contribution >= 0.6 is 0 Å². The lowest BCUT2D eigenvalue weighted by Gasteiger charge is -2.10. The molecule has 0 radical (unpaired) electrons. The van der Waals surface area contributed by atoms with E-state index in [0.29, 0.717) is 17.5 Å². The third-order valence-electron chi connectivity index (χ3n) is 10.7. The molecule has 0 aliphatic carbocycles. The highest BCUT2D eigenvalue weighted by atomic mass is 16.3. The minimum atomic E-state index is 0.590. The van der Waals surface area contributed by atoms with Crippen molar-refractivity contribution < 1.29 is 4.42 Å². The topological polar surface area (TPSA) is 56.7 Å². The van der Waals surface area contributed by atoms with Crippen molar-refractivity contribution in [2.45, 2.75) is 0 Å². The lowest BCUT2D eigenvalue weighted by Crippen LogP contribution is -2.00. The molecule has 262 valence electrons. The van der Waals surface area contributed by atoms with Gasteiger partial charge in [-0.3, -0.25) is 0 Å². The second-order valence-electron chi connectivity index (χ2n) is 14.0. The largest absolute Gasteiger partial charge is 0.456 e. The third-order valence-corrected chi connectivity index (χ3v) is 10.7. The van der Waals surface area contributed by atoms with E-state index in [4.69, 9.17) is 19.4 Å². The summed E-state index contributed by atoms with van der Waals surface area (Å²) in [5.74, 6) is 1.82. The molecule has 0 fully saturated rings. The molecule has 11 aromatic rings. The van der Waals surface area contributed by atoms with Gasteiger partial charge in [-0.05, 0) is 58.7 Å². The molecular weight excluding hydrogens is 685 g/mol. The molecule has 3 heterocycles. The van der Waals surface area contributed by atoms with Crippen LogP contribution in [0.1, 0.15) is 0 Å². The molecule has 5 heteroatoms. The monoisotopic (exact) mass is 716 g/mol. The van der Waals surface area contributed by atoms with Crippen molar-refractivity contribution in [3.8, 4) is 62.1 Å². The summed E-state index contributed by atoms with van der Waals surface area (Å²) in [6.45, 7) is 0. The first kappa shape index (κ1) is 31.9. The summed E-state index contributed by atoms with van der Waals surface area (Å²) in [7, 11) is 0. The van der Waals surface area contributed by atoms with Gasteiger partial charge in [0.15, 0.2) is 17.5 Å². The second kappa shape index (κ2) is 13.0. The van der Waals surface area contributed by atoms with Gasteiger partial charge in [-0.15, -0.1) is 0 Å². The minimum Gasteiger partial charge on any atom is -0.456 e. The van der Waals surface area contributed by atoms with Crippen molar-refractivity contribution in [3.63, 3.8) is 0 Å². The number of aromatic nitrogens is 4. The molecule has 0 saturated carbocycles. The van der Waals surface area contributed by atoms with Crippen molar-refractivity contribution in [2.75, 3.05) is 0 Å². The zero-order chi connectivity index (χ0) is 37.0. The number of furan rings is 1. The Morgan fingerprint density at radius 2 is 0.911 bits per heavy atom. The highest BCUT2D eigenvalue weighted by Gasteiger charge is 2.20. The highest BCUT2D eigenvalue weighted by Crippen LogP contribution is 2.40. The minimum absolute atomic E-state index is 0.590. The van der Waals surface area contributed by atoms with Gasteiger partial charge in [0.2, 0.25) is 0 Å². The van der Waals surface area contributed by atoms with Crippen molar-refractivity contribution in [1.82, 2.24) is 19.5 Å². The molecule has 0 amide bonds. The summed E-state index contributed by atoms with van der Waals surface area (Å²) in [5.41, 5.74) is 12.2. The van der Waals surface area contributed by atoms with Crippen LogP contribution in [0.25, 0.3) is 106 Å². The van der Waals surface area contributed by atoms with Gasteiger partial charge in [0.25, 0.3) is 0 Å². The molecule has 3 aromatic heterocycles. The first-order valence-corrected chi connectivity index (χ1v) is 18.8. The summed E-state index contributed by atoms with van der Waals surface area (Å²) in [4.78, 5) is 15.3. The number of rotatable bonds is 6. The number of hydrogen-bond acceptors (Lipinski definition) is 4. The normalized spacial score (nSPS) is 11.6. The van der Waals surface area contributed by atoms with Crippen LogP contribution in [-0.2, 0) is 0 Å². The van der Waals surface area contributed by atoms with E-state index in [1.54, 1.807) is 0 Å². The molecule has 0 aliphatic rings. The number of hydrogen-bond donors (Lipinski definition) is 0. The van der Waals surface area contributed by atoms with Gasteiger partial charge in [0.05, 0.1) is 11.0 Å². The van der Waals surface area contributed by atoms with E-state index in [0.717, 1.165) is 66.5 Å². The summed E-state index contributed by atoms with van der Waals surface area (Å²) in [5, 5.41) is 4.39. The van der Waals surface area contributed by atoms with Crippen LogP contribution in [0.5, 0.6) is 0 Å². The van der Waals surface area contributed by atoms with E-state index >= 15 is 0 Å². The van der Waals surface area contributed by atoms with Gasteiger partial charge in [0.1, 0.15) is 11.2 Å². The first-order chi connectivity index (χ1) is 27.7. The molecule has 0 saturated heterocycles. The standard InChI is InChI=1S/C51H32N4O/c1-4-14-33(15-5-1)36-20-12-21-38(30-36)50-52-49(35-18-8-3-9-19-35)53-51(54-50)43-23-13-25-46-48(43)42-29-27-39(32-47(42)56-46)55-44-24-11-10-22-40(44)41-28-26-37(31-45(41)55)34-16-6-2-7-17-34/h1-32H. The summed E-state index contributed by atoms with van der Waals surface area (Å²) in [6.07, 6.45) is 0. The number of benzene rings is 8. The van der Waals surface area contributed by atoms with Gasteiger partial charge >= 0.3 is 0 Å². The highest BCUT2D eigenvalue weighted by molar-refractivity contribution is 6.13. The van der Waals surface area contributed by atoms with Crippen LogP contribution in [0, 0.1) is 0 Å². The molecule has 0 N–H and O–H groups in total. The van der Waals surface area contributed by atoms with Crippen molar-refractivity contribution in [3.05, 3.63) is 194 Å². The summed E-state index contributed by atoms with van der Waals surface area (Å²) < 4.78 is 9.03. The third kappa shape index (κ3) is 5.37. The number of nitrogens with zero attached hydrogens (tertiary/aromatic N) is 4. The number of fused-ring (bicyclic) bond motifs is 6. The molecule has 56 heavy (non-hydrogen) atoms. The molecular formula is C51H32N4O. The molecule has 0 atom stereocenters. The maximum atomic E-state index is 6.68. The molecule has 0 unspecified atom stereocenters. The Bertz CT molecular complexity index is 3240. The zero-order valence-electron chi connectivity index (χ0n) is 30.2. The SMILES string of the molecule is c1ccc(-c2cccc(-c3nc(-c4ccccc4)nc(-c4cccc5oc6cc(-n7c8ccccc8c8ccc(-c9ccccc9)cc87)ccc6c45)n3)c2)cc1. The Hall–Kier alpha value is -7.63. The molecule has 0 bridgehead atoms. The van der Waals surface area contributed by atoms with E-state index in [1.165, 1.54) is 21.9 Å². The lowest BCUT2D eigenvalue weighted by molar-refractivity contribution is 0.668. The van der Waals surface area contributed by atoms with Crippen LogP contribution < -0.4 is 0 Å². The van der Waals surface area contributed by atoms with E-state index in [9.17, 15) is 0 Å². The van der Waals surface area contributed by atoms with Crippen LogP contribution in [0.3, 0.4) is 0 Å². The predicted molar refractivity (Wildman–Crippen MR) is 229 cm³/mol. The van der Waals surface area contributed by atoms with Gasteiger partial charge < -0.3 is 8.98 Å². The smallest absolute Gasteiger partial charge is 0.164 e. The van der Waals surface area contributed by atoms with Gasteiger partial charge in [-0.2, -0.15) is 0 Å². The van der Waals surface area contributed by atoms with Gasteiger partial charge in [0, 0.05) is 50.0 Å². The van der Waals surface area contributed by atoms with Gasteiger partial charge in [-0.1, -0.05) is 152 Å². The maximum absolute atomic E-state index is 6.68. The molecule has 11 rings (SSSR count). The maximum Gasteiger partial charge on any atom is 0.164 e. The fraction of sp³-hybridized carbons (Fsp3) is 0. The zero-order valence-corrected chi connectivity index (χ0v) is 30.2. The van der Waals surface area contributed by atoms with E-state index in [1.807, 2.05) is 48.5 Å². The summed E-state index contributed by atoms with van der Waals surface area (Å²) >= 11 is 0. The Morgan fingerprint density at radius 3 is 1.68 bits per heavy atom. The molecule has 0 aliphatic heterocycles.